The summed E-state index contributed by atoms with van der Waals surface area (Å²) in [6, 6.07) is 3.20. The van der Waals surface area contributed by atoms with Gasteiger partial charge < -0.3 is 10.8 Å². The molecule has 0 aliphatic rings. The molecule has 0 spiro atoms. The van der Waals surface area contributed by atoms with Crippen molar-refractivity contribution in [3.05, 3.63) is 27.2 Å². The van der Waals surface area contributed by atoms with Gasteiger partial charge in [-0.2, -0.15) is 0 Å². The van der Waals surface area contributed by atoms with E-state index in [1.54, 1.807) is 12.1 Å². The van der Waals surface area contributed by atoms with Crippen molar-refractivity contribution in [1.29, 1.82) is 0 Å². The summed E-state index contributed by atoms with van der Waals surface area (Å²) in [6.45, 7) is 2.05. The molecule has 0 amide bonds. The van der Waals surface area contributed by atoms with Crippen LogP contribution in [0.25, 0.3) is 0 Å². The molecule has 0 fully saturated rings. The number of aromatic hydroxyl groups is 1. The molecule has 0 heterocycles. The molecule has 1 rings (SSSR count). The Morgan fingerprint density at radius 3 is 2.79 bits per heavy atom. The van der Waals surface area contributed by atoms with Crippen LogP contribution < -0.4 is 5.73 Å². The van der Waals surface area contributed by atoms with E-state index in [2.05, 4.69) is 22.9 Å². The van der Waals surface area contributed by atoms with E-state index in [0.29, 0.717) is 15.1 Å². The number of halogens is 2. The fraction of sp³-hybridized carbons (Fsp3) is 0.400. The third-order valence-corrected chi connectivity index (χ3v) is 2.88. The van der Waals surface area contributed by atoms with Crippen molar-refractivity contribution < 1.29 is 5.11 Å². The summed E-state index contributed by atoms with van der Waals surface area (Å²) < 4.78 is 0.589. The predicted octanol–water partition coefficient (Wildman–Crippen LogP) is 3.61. The lowest BCUT2D eigenvalue weighted by atomic mass is 10.0. The molecule has 0 aromatic heterocycles. The summed E-state index contributed by atoms with van der Waals surface area (Å²) in [5.74, 6) is 0.190. The van der Waals surface area contributed by atoms with Crippen LogP contribution in [0.5, 0.6) is 5.75 Å². The zero-order chi connectivity index (χ0) is 10.7. The van der Waals surface area contributed by atoms with Gasteiger partial charge in [-0.1, -0.05) is 24.9 Å². The minimum Gasteiger partial charge on any atom is -0.506 e. The number of phenols is 1. The molecule has 0 unspecified atom stereocenters. The average Bonchev–Trinajstić information content (AvgIpc) is 2.11. The third kappa shape index (κ3) is 2.62. The van der Waals surface area contributed by atoms with E-state index in [1.807, 2.05) is 0 Å². The highest BCUT2D eigenvalue weighted by molar-refractivity contribution is 9.10. The first-order chi connectivity index (χ1) is 6.56. The summed E-state index contributed by atoms with van der Waals surface area (Å²) in [5.41, 5.74) is 6.60. The van der Waals surface area contributed by atoms with Gasteiger partial charge in [0.25, 0.3) is 0 Å². The second-order valence-corrected chi connectivity index (χ2v) is 4.51. The maximum Gasteiger partial charge on any atom is 0.134 e. The zero-order valence-corrected chi connectivity index (χ0v) is 10.3. The molecule has 0 saturated carbocycles. The number of hydrogen-bond donors (Lipinski definition) is 2. The summed E-state index contributed by atoms with van der Waals surface area (Å²) >= 11 is 9.10. The van der Waals surface area contributed by atoms with Gasteiger partial charge in [0.05, 0.1) is 4.47 Å². The number of rotatable bonds is 3. The number of hydrogen-bond acceptors (Lipinski definition) is 2. The van der Waals surface area contributed by atoms with Crippen molar-refractivity contribution in [1.82, 2.24) is 0 Å². The van der Waals surface area contributed by atoms with E-state index in [4.69, 9.17) is 17.3 Å². The van der Waals surface area contributed by atoms with Gasteiger partial charge in [-0.3, -0.25) is 0 Å². The molecule has 1 aromatic carbocycles. The molecular weight excluding hydrogens is 265 g/mol. The van der Waals surface area contributed by atoms with Crippen molar-refractivity contribution in [3.63, 3.8) is 0 Å². The first-order valence-corrected chi connectivity index (χ1v) is 5.66. The Balaban J connectivity index is 3.07. The molecule has 0 aliphatic carbocycles. The van der Waals surface area contributed by atoms with Gasteiger partial charge in [0.1, 0.15) is 5.75 Å². The first-order valence-electron chi connectivity index (χ1n) is 4.49. The number of phenolic OH excluding ortho intramolecular Hbond substituents is 1. The highest BCUT2D eigenvalue weighted by Crippen LogP contribution is 2.35. The first kappa shape index (κ1) is 11.8. The smallest absolute Gasteiger partial charge is 0.134 e. The molecule has 0 radical (unpaired) electrons. The van der Waals surface area contributed by atoms with Crippen molar-refractivity contribution >= 4 is 27.5 Å². The van der Waals surface area contributed by atoms with Crippen LogP contribution in [0.3, 0.4) is 0 Å². The van der Waals surface area contributed by atoms with Crippen molar-refractivity contribution in [3.8, 4) is 5.75 Å². The van der Waals surface area contributed by atoms with Crippen LogP contribution in [0.1, 0.15) is 31.4 Å². The van der Waals surface area contributed by atoms with E-state index < -0.39 is 0 Å². The number of nitrogens with two attached hydrogens (primary N) is 1. The standard InChI is InChI=1S/C10H13BrClNO/c1-2-3-9(13)7-4-6(12)5-8(11)10(7)14/h4-5,9,14H,2-3,13H2,1H3/t9-/m1/s1. The van der Waals surface area contributed by atoms with Gasteiger partial charge in [0, 0.05) is 16.6 Å². The van der Waals surface area contributed by atoms with Crippen LogP contribution in [0, 0.1) is 0 Å². The summed E-state index contributed by atoms with van der Waals surface area (Å²) in [7, 11) is 0. The van der Waals surface area contributed by atoms with Gasteiger partial charge >= 0.3 is 0 Å². The summed E-state index contributed by atoms with van der Waals surface area (Å²) in [6.07, 6.45) is 1.81. The average molecular weight is 279 g/mol. The Bertz CT molecular complexity index is 330. The number of benzene rings is 1. The molecule has 1 aromatic rings. The van der Waals surface area contributed by atoms with Crippen LogP contribution in [0.2, 0.25) is 5.02 Å². The minimum absolute atomic E-state index is 0.157. The lowest BCUT2D eigenvalue weighted by Gasteiger charge is -2.14. The molecule has 1 atom stereocenters. The largest absolute Gasteiger partial charge is 0.506 e. The highest BCUT2D eigenvalue weighted by atomic mass is 79.9. The Morgan fingerprint density at radius 1 is 1.57 bits per heavy atom. The van der Waals surface area contributed by atoms with Crippen LogP contribution in [0.15, 0.2) is 16.6 Å². The maximum absolute atomic E-state index is 9.73. The normalized spacial score (nSPS) is 12.9. The molecule has 4 heteroatoms. The maximum atomic E-state index is 9.73. The van der Waals surface area contributed by atoms with E-state index in [1.165, 1.54) is 0 Å². The van der Waals surface area contributed by atoms with Crippen LogP contribution in [-0.2, 0) is 0 Å². The van der Waals surface area contributed by atoms with E-state index >= 15 is 0 Å². The molecule has 3 N–H and O–H groups in total. The zero-order valence-electron chi connectivity index (χ0n) is 7.93. The molecule has 14 heavy (non-hydrogen) atoms. The van der Waals surface area contributed by atoms with E-state index in [9.17, 15) is 5.11 Å². The Hall–Kier alpha value is -0.250. The molecule has 78 valence electrons. The molecule has 0 saturated heterocycles. The SMILES string of the molecule is CCC[C@@H](N)c1cc(Cl)cc(Br)c1O. The molecule has 2 nitrogen and oxygen atoms in total. The quantitative estimate of drug-likeness (QED) is 0.887. The van der Waals surface area contributed by atoms with Gasteiger partial charge in [-0.05, 0) is 34.5 Å². The lowest BCUT2D eigenvalue weighted by molar-refractivity contribution is 0.454. The minimum atomic E-state index is -0.157. The summed E-state index contributed by atoms with van der Waals surface area (Å²) in [5, 5.41) is 10.3. The third-order valence-electron chi connectivity index (χ3n) is 2.06. The van der Waals surface area contributed by atoms with Gasteiger partial charge in [-0.15, -0.1) is 0 Å². The Labute approximate surface area is 97.2 Å². The fourth-order valence-corrected chi connectivity index (χ4v) is 2.17. The van der Waals surface area contributed by atoms with Gasteiger partial charge in [0.15, 0.2) is 0 Å². The lowest BCUT2D eigenvalue weighted by Crippen LogP contribution is -2.10. The topological polar surface area (TPSA) is 46.2 Å². The fourth-order valence-electron chi connectivity index (χ4n) is 1.34. The summed E-state index contributed by atoms with van der Waals surface area (Å²) in [4.78, 5) is 0. The van der Waals surface area contributed by atoms with E-state index in [0.717, 1.165) is 12.8 Å². The molecule has 0 bridgehead atoms. The second kappa shape index (κ2) is 5.01. The van der Waals surface area contributed by atoms with Crippen molar-refractivity contribution in [2.24, 2.45) is 5.73 Å². The second-order valence-electron chi connectivity index (χ2n) is 3.22. The van der Waals surface area contributed by atoms with Crippen LogP contribution >= 0.6 is 27.5 Å². The van der Waals surface area contributed by atoms with Crippen LogP contribution in [0.4, 0.5) is 0 Å². The van der Waals surface area contributed by atoms with Crippen molar-refractivity contribution in [2.45, 2.75) is 25.8 Å². The van der Waals surface area contributed by atoms with Gasteiger partial charge in [0.2, 0.25) is 0 Å². The highest BCUT2D eigenvalue weighted by Gasteiger charge is 2.13. The molecular formula is C10H13BrClNO. The van der Waals surface area contributed by atoms with Crippen LogP contribution in [-0.4, -0.2) is 5.11 Å². The monoisotopic (exact) mass is 277 g/mol. The van der Waals surface area contributed by atoms with Gasteiger partial charge in [-0.25, -0.2) is 0 Å². The molecule has 0 aliphatic heterocycles. The Morgan fingerprint density at radius 2 is 2.21 bits per heavy atom. The van der Waals surface area contributed by atoms with Crippen molar-refractivity contribution in [2.75, 3.05) is 0 Å². The predicted molar refractivity (Wildman–Crippen MR) is 62.7 cm³/mol. The Kier molecular flexibility index (Phi) is 4.23. The van der Waals surface area contributed by atoms with E-state index in [-0.39, 0.29) is 11.8 Å².